The van der Waals surface area contributed by atoms with E-state index in [2.05, 4.69) is 42.9 Å². The van der Waals surface area contributed by atoms with Crippen LogP contribution in [0.2, 0.25) is 0 Å². The number of ether oxygens (including phenoxy) is 1. The van der Waals surface area contributed by atoms with E-state index in [1.165, 1.54) is 58.3 Å². The number of carbonyl (C=O) groups excluding carboxylic acids is 1. The highest BCUT2D eigenvalue weighted by Crippen LogP contribution is 2.35. The Morgan fingerprint density at radius 3 is 2.62 bits per heavy atom. The van der Waals surface area contributed by atoms with Crippen LogP contribution in [0.15, 0.2) is 24.3 Å². The summed E-state index contributed by atoms with van der Waals surface area (Å²) in [5, 5.41) is 19.0. The summed E-state index contributed by atoms with van der Waals surface area (Å²) in [5.74, 6) is -0.655. The molecule has 1 aliphatic carbocycles. The largest absolute Gasteiger partial charge is 0.408 e. The Labute approximate surface area is 178 Å². The molecular formula is C25H44O4. The fourth-order valence-electron chi connectivity index (χ4n) is 4.33. The first-order chi connectivity index (χ1) is 13.9. The molecule has 0 amide bonds. The Morgan fingerprint density at radius 1 is 1.14 bits per heavy atom. The minimum Gasteiger partial charge on any atom is -0.408 e. The summed E-state index contributed by atoms with van der Waals surface area (Å²) < 4.78 is 4.47. The van der Waals surface area contributed by atoms with Gasteiger partial charge in [-0.3, -0.25) is 4.79 Å². The van der Waals surface area contributed by atoms with Crippen LogP contribution < -0.4 is 0 Å². The van der Waals surface area contributed by atoms with Crippen molar-refractivity contribution in [2.75, 3.05) is 0 Å². The smallest absolute Gasteiger partial charge is 0.324 e. The summed E-state index contributed by atoms with van der Waals surface area (Å²) in [4.78, 5) is 10.8. The fraction of sp³-hybridized carbons (Fsp3) is 0.800. The van der Waals surface area contributed by atoms with Crippen molar-refractivity contribution in [3.8, 4) is 0 Å². The van der Waals surface area contributed by atoms with Crippen LogP contribution in [0.4, 0.5) is 0 Å². The lowest BCUT2D eigenvalue weighted by Gasteiger charge is -2.20. The zero-order valence-corrected chi connectivity index (χ0v) is 18.9. The summed E-state index contributed by atoms with van der Waals surface area (Å²) in [5.41, 5.74) is 0. The predicted octanol–water partition coefficient (Wildman–Crippen LogP) is 6.27. The molecule has 1 saturated carbocycles. The van der Waals surface area contributed by atoms with Gasteiger partial charge >= 0.3 is 11.9 Å². The van der Waals surface area contributed by atoms with Gasteiger partial charge in [0.2, 0.25) is 0 Å². The average molecular weight is 409 g/mol. The lowest BCUT2D eigenvalue weighted by Crippen LogP contribution is -2.33. The third kappa shape index (κ3) is 12.2. The van der Waals surface area contributed by atoms with Crippen molar-refractivity contribution >= 4 is 5.97 Å². The quantitative estimate of drug-likeness (QED) is 0.145. The highest BCUT2D eigenvalue weighted by molar-refractivity contribution is 5.66. The molecule has 0 unspecified atom stereocenters. The average Bonchev–Trinajstić information content (AvgIpc) is 3.09. The van der Waals surface area contributed by atoms with Crippen molar-refractivity contribution in [2.24, 2.45) is 17.8 Å². The first kappa shape index (κ1) is 25.9. The second-order valence-electron chi connectivity index (χ2n) is 8.72. The Hall–Kier alpha value is -1.13. The number of unbranched alkanes of at least 4 members (excludes halogenated alkanes) is 3. The minimum absolute atomic E-state index is 0.0485. The summed E-state index contributed by atoms with van der Waals surface area (Å²) in [6.07, 6.45) is 23.5. The standard InChI is InChI=1S/C25H44O4/c1-4-6-14-22(5-2)15-12-17-24-19-13-18-23(24)16-10-8-7-9-11-20-25(27,28)29-21(3)26/h8,10,12,17,22-24,27-28H,4-7,9,11,13-16,18-20H2,1-3H3/b10-8-,17-12+/t22-,23-,24-/m0/s1. The highest BCUT2D eigenvalue weighted by Gasteiger charge is 2.26. The Kier molecular flexibility index (Phi) is 13.2. The monoisotopic (exact) mass is 408 g/mol. The van der Waals surface area contributed by atoms with Crippen LogP contribution in [-0.4, -0.2) is 22.2 Å². The number of hydrogen-bond donors (Lipinski definition) is 2. The molecule has 1 aliphatic rings. The van der Waals surface area contributed by atoms with Gasteiger partial charge < -0.3 is 14.9 Å². The van der Waals surface area contributed by atoms with Gasteiger partial charge in [0.05, 0.1) is 0 Å². The molecule has 4 nitrogen and oxygen atoms in total. The summed E-state index contributed by atoms with van der Waals surface area (Å²) in [6.45, 7) is 5.76. The molecule has 2 N–H and O–H groups in total. The van der Waals surface area contributed by atoms with Gasteiger partial charge in [0.1, 0.15) is 0 Å². The Balaban J connectivity index is 2.24. The zero-order chi connectivity index (χ0) is 21.5. The van der Waals surface area contributed by atoms with Gasteiger partial charge in [0, 0.05) is 13.3 Å². The first-order valence-electron chi connectivity index (χ1n) is 11.8. The van der Waals surface area contributed by atoms with Gasteiger partial charge in [-0.1, -0.05) is 70.3 Å². The molecule has 0 aromatic carbocycles. The van der Waals surface area contributed by atoms with Crippen LogP contribution in [0.1, 0.15) is 104 Å². The van der Waals surface area contributed by atoms with Gasteiger partial charge in [-0.05, 0) is 62.7 Å². The van der Waals surface area contributed by atoms with E-state index in [0.29, 0.717) is 6.42 Å². The maximum atomic E-state index is 10.8. The maximum Gasteiger partial charge on any atom is 0.324 e. The van der Waals surface area contributed by atoms with Crippen LogP contribution in [0.25, 0.3) is 0 Å². The summed E-state index contributed by atoms with van der Waals surface area (Å²) in [7, 11) is 0. The first-order valence-corrected chi connectivity index (χ1v) is 11.8. The molecule has 168 valence electrons. The topological polar surface area (TPSA) is 66.8 Å². The predicted molar refractivity (Wildman–Crippen MR) is 119 cm³/mol. The van der Waals surface area contributed by atoms with Gasteiger partial charge in [-0.15, -0.1) is 0 Å². The van der Waals surface area contributed by atoms with Crippen molar-refractivity contribution in [1.29, 1.82) is 0 Å². The molecule has 4 heteroatoms. The second-order valence-corrected chi connectivity index (χ2v) is 8.72. The molecule has 0 aromatic rings. The van der Waals surface area contributed by atoms with Gasteiger partial charge in [-0.25, -0.2) is 0 Å². The molecule has 1 rings (SSSR count). The van der Waals surface area contributed by atoms with Crippen LogP contribution in [0, 0.1) is 17.8 Å². The molecule has 0 heterocycles. The van der Waals surface area contributed by atoms with E-state index in [-0.39, 0.29) is 6.42 Å². The highest BCUT2D eigenvalue weighted by atomic mass is 16.8. The molecule has 0 aliphatic heterocycles. The molecule has 0 aromatic heterocycles. The molecule has 0 saturated heterocycles. The Morgan fingerprint density at radius 2 is 1.93 bits per heavy atom. The molecule has 3 atom stereocenters. The number of hydrogen-bond acceptors (Lipinski definition) is 4. The van der Waals surface area contributed by atoms with Crippen molar-refractivity contribution in [3.05, 3.63) is 24.3 Å². The molecule has 29 heavy (non-hydrogen) atoms. The third-order valence-electron chi connectivity index (χ3n) is 6.15. The lowest BCUT2D eigenvalue weighted by atomic mass is 9.90. The number of allylic oxidation sites excluding steroid dienone is 4. The van der Waals surface area contributed by atoms with Crippen molar-refractivity contribution in [3.63, 3.8) is 0 Å². The summed E-state index contributed by atoms with van der Waals surface area (Å²) in [6, 6.07) is 0. The third-order valence-corrected chi connectivity index (χ3v) is 6.15. The fourth-order valence-corrected chi connectivity index (χ4v) is 4.33. The molecular weight excluding hydrogens is 364 g/mol. The van der Waals surface area contributed by atoms with E-state index in [1.807, 2.05) is 0 Å². The van der Waals surface area contributed by atoms with Gasteiger partial charge in [0.15, 0.2) is 0 Å². The normalized spacial score (nSPS) is 21.3. The number of aliphatic hydroxyl groups is 2. The van der Waals surface area contributed by atoms with E-state index in [1.54, 1.807) is 0 Å². The molecule has 0 radical (unpaired) electrons. The van der Waals surface area contributed by atoms with Crippen molar-refractivity contribution in [1.82, 2.24) is 0 Å². The van der Waals surface area contributed by atoms with Crippen molar-refractivity contribution in [2.45, 2.75) is 110 Å². The SMILES string of the molecule is CCCC[C@H](CC)C/C=C/[C@H]1CCC[C@@H]1C/C=C\CCCCC(O)(O)OC(C)=O. The second kappa shape index (κ2) is 14.8. The number of carbonyl (C=O) groups is 1. The van der Waals surface area contributed by atoms with E-state index < -0.39 is 11.9 Å². The molecule has 0 spiro atoms. The zero-order valence-electron chi connectivity index (χ0n) is 18.9. The Bertz CT molecular complexity index is 495. The van der Waals surface area contributed by atoms with E-state index in [9.17, 15) is 15.0 Å². The van der Waals surface area contributed by atoms with Crippen LogP contribution in [-0.2, 0) is 9.53 Å². The van der Waals surface area contributed by atoms with E-state index >= 15 is 0 Å². The van der Waals surface area contributed by atoms with E-state index in [0.717, 1.165) is 37.0 Å². The number of esters is 1. The van der Waals surface area contributed by atoms with Gasteiger partial charge in [-0.2, -0.15) is 0 Å². The van der Waals surface area contributed by atoms with Gasteiger partial charge in [0.25, 0.3) is 0 Å². The lowest BCUT2D eigenvalue weighted by molar-refractivity contribution is -0.321. The van der Waals surface area contributed by atoms with Crippen LogP contribution in [0.3, 0.4) is 0 Å². The molecule has 0 bridgehead atoms. The number of rotatable bonds is 15. The molecule has 1 fully saturated rings. The summed E-state index contributed by atoms with van der Waals surface area (Å²) >= 11 is 0. The van der Waals surface area contributed by atoms with Crippen LogP contribution in [0.5, 0.6) is 0 Å². The maximum absolute atomic E-state index is 10.8. The van der Waals surface area contributed by atoms with E-state index in [4.69, 9.17) is 0 Å². The van der Waals surface area contributed by atoms with Crippen LogP contribution >= 0.6 is 0 Å². The minimum atomic E-state index is -2.33. The van der Waals surface area contributed by atoms with Crippen molar-refractivity contribution < 1.29 is 19.7 Å².